The van der Waals surface area contributed by atoms with E-state index in [4.69, 9.17) is 4.74 Å². The van der Waals surface area contributed by atoms with Gasteiger partial charge in [0.2, 0.25) is 0 Å². The Kier molecular flexibility index (Phi) is 2.17. The van der Waals surface area contributed by atoms with E-state index in [1.165, 1.54) is 5.56 Å². The second-order valence-electron chi connectivity index (χ2n) is 4.28. The van der Waals surface area contributed by atoms with Crippen LogP contribution in [-0.2, 0) is 0 Å². The van der Waals surface area contributed by atoms with Gasteiger partial charge in [-0.15, -0.1) is 0 Å². The molecule has 3 heteroatoms. The molecule has 2 atom stereocenters. The second kappa shape index (κ2) is 3.67. The molecule has 1 aliphatic rings. The summed E-state index contributed by atoms with van der Waals surface area (Å²) in [5.74, 6) is 2.78. The van der Waals surface area contributed by atoms with Crippen molar-refractivity contribution in [1.82, 2.24) is 9.97 Å². The molecule has 0 amide bonds. The van der Waals surface area contributed by atoms with E-state index in [0.29, 0.717) is 11.8 Å². The molecule has 2 heterocycles. The fourth-order valence-electron chi connectivity index (χ4n) is 2.36. The molecule has 0 saturated heterocycles. The molecular weight excluding hydrogens is 200 g/mol. The van der Waals surface area contributed by atoms with Crippen molar-refractivity contribution in [3.8, 4) is 5.75 Å². The topological polar surface area (TPSA) is 37.9 Å². The van der Waals surface area contributed by atoms with E-state index >= 15 is 0 Å². The highest BCUT2D eigenvalue weighted by molar-refractivity contribution is 5.41. The quantitative estimate of drug-likeness (QED) is 0.792. The summed E-state index contributed by atoms with van der Waals surface area (Å²) in [6.45, 7) is 2.95. The molecule has 0 fully saturated rings. The van der Waals surface area contributed by atoms with E-state index in [-0.39, 0.29) is 0 Å². The zero-order chi connectivity index (χ0) is 11.0. The normalized spacial score (nSPS) is 23.6. The molecule has 0 bridgehead atoms. The van der Waals surface area contributed by atoms with Crippen LogP contribution in [0.5, 0.6) is 5.75 Å². The van der Waals surface area contributed by atoms with E-state index in [0.717, 1.165) is 18.2 Å². The Morgan fingerprint density at radius 2 is 2.25 bits per heavy atom. The van der Waals surface area contributed by atoms with Crippen molar-refractivity contribution >= 4 is 0 Å². The van der Waals surface area contributed by atoms with E-state index in [1.807, 2.05) is 18.3 Å². The van der Waals surface area contributed by atoms with Crippen molar-refractivity contribution in [2.24, 2.45) is 5.92 Å². The molecule has 1 aromatic carbocycles. The largest absolute Gasteiger partial charge is 0.493 e. The molecule has 1 N–H and O–H groups in total. The third-order valence-electron chi connectivity index (χ3n) is 3.14. The standard InChI is InChI=1S/C13H14N2O/c1-9-8-16-11-5-3-2-4-10(11)12(9)13-14-6-7-15-13/h2-7,9,12H,8H2,1H3,(H,14,15)/t9?,12-/m0/s1. The Morgan fingerprint density at radius 3 is 3.06 bits per heavy atom. The van der Waals surface area contributed by atoms with Gasteiger partial charge in [0.1, 0.15) is 11.6 Å². The maximum atomic E-state index is 5.72. The monoisotopic (exact) mass is 214 g/mol. The van der Waals surface area contributed by atoms with E-state index in [9.17, 15) is 0 Å². The first-order valence-electron chi connectivity index (χ1n) is 5.57. The van der Waals surface area contributed by atoms with Crippen molar-refractivity contribution < 1.29 is 4.74 Å². The van der Waals surface area contributed by atoms with Crippen molar-refractivity contribution in [3.63, 3.8) is 0 Å². The van der Waals surface area contributed by atoms with Crippen LogP contribution in [0.15, 0.2) is 36.7 Å². The number of rotatable bonds is 1. The number of hydrogen-bond donors (Lipinski definition) is 1. The molecular formula is C13H14N2O. The van der Waals surface area contributed by atoms with Crippen LogP contribution in [0, 0.1) is 5.92 Å². The lowest BCUT2D eigenvalue weighted by molar-refractivity contribution is 0.215. The average Bonchev–Trinajstić information content (AvgIpc) is 2.82. The van der Waals surface area contributed by atoms with Crippen LogP contribution in [0.3, 0.4) is 0 Å². The maximum absolute atomic E-state index is 5.72. The highest BCUT2D eigenvalue weighted by Crippen LogP contribution is 2.39. The number of para-hydroxylation sites is 1. The number of H-pyrrole nitrogens is 1. The zero-order valence-electron chi connectivity index (χ0n) is 9.18. The van der Waals surface area contributed by atoms with Gasteiger partial charge in [0.05, 0.1) is 12.5 Å². The molecule has 0 spiro atoms. The van der Waals surface area contributed by atoms with E-state index in [1.54, 1.807) is 6.20 Å². The number of hydrogen-bond acceptors (Lipinski definition) is 2. The number of aromatic amines is 1. The molecule has 3 rings (SSSR count). The molecule has 3 nitrogen and oxygen atoms in total. The summed E-state index contributed by atoms with van der Waals surface area (Å²) >= 11 is 0. The Morgan fingerprint density at radius 1 is 1.38 bits per heavy atom. The third kappa shape index (κ3) is 1.40. The van der Waals surface area contributed by atoms with Crippen molar-refractivity contribution in [2.75, 3.05) is 6.61 Å². The fourth-order valence-corrected chi connectivity index (χ4v) is 2.36. The molecule has 0 aliphatic carbocycles. The minimum Gasteiger partial charge on any atom is -0.493 e. The van der Waals surface area contributed by atoms with Gasteiger partial charge >= 0.3 is 0 Å². The van der Waals surface area contributed by atoms with Crippen LogP contribution < -0.4 is 4.74 Å². The molecule has 0 radical (unpaired) electrons. The summed E-state index contributed by atoms with van der Waals surface area (Å²) in [7, 11) is 0. The van der Waals surface area contributed by atoms with Crippen molar-refractivity contribution in [1.29, 1.82) is 0 Å². The Balaban J connectivity index is 2.10. The second-order valence-corrected chi connectivity index (χ2v) is 4.28. The molecule has 2 aromatic rings. The molecule has 1 aliphatic heterocycles. The predicted octanol–water partition coefficient (Wildman–Crippen LogP) is 2.57. The lowest BCUT2D eigenvalue weighted by atomic mass is 9.84. The first-order chi connectivity index (χ1) is 7.86. The smallest absolute Gasteiger partial charge is 0.123 e. The highest BCUT2D eigenvalue weighted by atomic mass is 16.5. The van der Waals surface area contributed by atoms with Gasteiger partial charge in [0.15, 0.2) is 0 Å². The highest BCUT2D eigenvalue weighted by Gasteiger charge is 2.30. The van der Waals surface area contributed by atoms with Gasteiger partial charge < -0.3 is 9.72 Å². The van der Waals surface area contributed by atoms with Crippen LogP contribution in [0.4, 0.5) is 0 Å². The zero-order valence-corrected chi connectivity index (χ0v) is 9.18. The lowest BCUT2D eigenvalue weighted by Crippen LogP contribution is -2.25. The summed E-state index contributed by atoms with van der Waals surface area (Å²) in [5, 5.41) is 0. The number of fused-ring (bicyclic) bond motifs is 1. The van der Waals surface area contributed by atoms with Crippen LogP contribution >= 0.6 is 0 Å². The molecule has 1 aromatic heterocycles. The van der Waals surface area contributed by atoms with Crippen LogP contribution in [0.2, 0.25) is 0 Å². The van der Waals surface area contributed by atoms with Crippen molar-refractivity contribution in [2.45, 2.75) is 12.8 Å². The Bertz CT molecular complexity index is 478. The van der Waals surface area contributed by atoms with Gasteiger partial charge in [-0.25, -0.2) is 4.98 Å². The van der Waals surface area contributed by atoms with Gasteiger partial charge in [-0.1, -0.05) is 25.1 Å². The average molecular weight is 214 g/mol. The number of benzene rings is 1. The van der Waals surface area contributed by atoms with E-state index in [2.05, 4.69) is 29.0 Å². The number of nitrogens with one attached hydrogen (secondary N) is 1. The summed E-state index contributed by atoms with van der Waals surface area (Å²) < 4.78 is 5.72. The first kappa shape index (κ1) is 9.46. The first-order valence-corrected chi connectivity index (χ1v) is 5.57. The Hall–Kier alpha value is -1.77. The third-order valence-corrected chi connectivity index (χ3v) is 3.14. The minimum atomic E-state index is 0.319. The SMILES string of the molecule is CC1COc2ccccc2[C@H]1c1ncc[nH]1. The fraction of sp³-hybridized carbons (Fsp3) is 0.308. The van der Waals surface area contributed by atoms with Crippen LogP contribution in [0.1, 0.15) is 24.2 Å². The number of nitrogens with zero attached hydrogens (tertiary/aromatic N) is 1. The van der Waals surface area contributed by atoms with Crippen molar-refractivity contribution in [3.05, 3.63) is 48.0 Å². The van der Waals surface area contributed by atoms with Crippen LogP contribution in [-0.4, -0.2) is 16.6 Å². The van der Waals surface area contributed by atoms with Gasteiger partial charge in [-0.3, -0.25) is 0 Å². The van der Waals surface area contributed by atoms with Gasteiger partial charge in [0, 0.05) is 23.9 Å². The Labute approximate surface area is 94.5 Å². The van der Waals surface area contributed by atoms with E-state index < -0.39 is 0 Å². The summed E-state index contributed by atoms with van der Waals surface area (Å²) in [5.41, 5.74) is 1.23. The summed E-state index contributed by atoms with van der Waals surface area (Å²) in [6, 6.07) is 8.21. The summed E-state index contributed by atoms with van der Waals surface area (Å²) in [6.07, 6.45) is 3.68. The lowest BCUT2D eigenvalue weighted by Gasteiger charge is -2.30. The van der Waals surface area contributed by atoms with Gasteiger partial charge in [0.25, 0.3) is 0 Å². The van der Waals surface area contributed by atoms with Gasteiger partial charge in [-0.05, 0) is 6.07 Å². The number of aromatic nitrogens is 2. The minimum absolute atomic E-state index is 0.319. The molecule has 16 heavy (non-hydrogen) atoms. The summed E-state index contributed by atoms with van der Waals surface area (Å²) in [4.78, 5) is 7.59. The number of ether oxygens (including phenoxy) is 1. The molecule has 1 unspecified atom stereocenters. The maximum Gasteiger partial charge on any atom is 0.123 e. The molecule has 0 saturated carbocycles. The molecule has 82 valence electrons. The number of imidazole rings is 1. The van der Waals surface area contributed by atoms with Crippen LogP contribution in [0.25, 0.3) is 0 Å². The van der Waals surface area contributed by atoms with Gasteiger partial charge in [-0.2, -0.15) is 0 Å². The predicted molar refractivity (Wildman–Crippen MR) is 61.5 cm³/mol.